The van der Waals surface area contributed by atoms with Gasteiger partial charge in [-0.05, 0) is 23.8 Å². The molecule has 2 aromatic rings. The minimum Gasteiger partial charge on any atom is -0.505 e. The summed E-state index contributed by atoms with van der Waals surface area (Å²) < 4.78 is 13.1. The predicted molar refractivity (Wildman–Crippen MR) is 69.8 cm³/mol. The number of nitriles is 1. The van der Waals surface area contributed by atoms with Gasteiger partial charge in [0.15, 0.2) is 11.6 Å². The Balaban J connectivity index is 1.96. The summed E-state index contributed by atoms with van der Waals surface area (Å²) >= 11 is 0. The summed E-state index contributed by atoms with van der Waals surface area (Å²) in [6.45, 7) is 0.909. The average molecular weight is 256 g/mol. The minimum atomic E-state index is -0.620. The number of aromatic hydroxyl groups is 1. The Morgan fingerprint density at radius 3 is 2.74 bits per heavy atom. The van der Waals surface area contributed by atoms with E-state index in [-0.39, 0.29) is 5.75 Å². The molecule has 96 valence electrons. The molecule has 0 heterocycles. The average Bonchev–Trinajstić information content (AvgIpc) is 2.44. The van der Waals surface area contributed by atoms with Gasteiger partial charge in [0.2, 0.25) is 0 Å². The van der Waals surface area contributed by atoms with E-state index in [0.717, 1.165) is 5.56 Å². The zero-order valence-electron chi connectivity index (χ0n) is 10.2. The first kappa shape index (κ1) is 13.1. The molecule has 0 fully saturated rings. The second-order valence-corrected chi connectivity index (χ2v) is 4.16. The van der Waals surface area contributed by atoms with Crippen LogP contribution in [0, 0.1) is 17.1 Å². The number of rotatable bonds is 4. The maximum absolute atomic E-state index is 13.1. The molecule has 0 aromatic heterocycles. The van der Waals surface area contributed by atoms with Crippen molar-refractivity contribution in [1.29, 1.82) is 5.26 Å². The van der Waals surface area contributed by atoms with Crippen LogP contribution in [-0.2, 0) is 13.1 Å². The van der Waals surface area contributed by atoms with Crippen molar-refractivity contribution in [3.8, 4) is 11.8 Å². The molecule has 4 heteroatoms. The summed E-state index contributed by atoms with van der Waals surface area (Å²) in [5.41, 5.74) is 2.08. The molecule has 0 aliphatic carbocycles. The first-order valence-electron chi connectivity index (χ1n) is 5.87. The highest BCUT2D eigenvalue weighted by Crippen LogP contribution is 2.20. The molecular weight excluding hydrogens is 243 g/mol. The number of nitrogens with zero attached hydrogens (tertiary/aromatic N) is 1. The van der Waals surface area contributed by atoms with E-state index < -0.39 is 5.82 Å². The largest absolute Gasteiger partial charge is 0.505 e. The number of hydrogen-bond acceptors (Lipinski definition) is 3. The Labute approximate surface area is 110 Å². The van der Waals surface area contributed by atoms with Gasteiger partial charge in [0.1, 0.15) is 0 Å². The quantitative estimate of drug-likeness (QED) is 0.884. The zero-order valence-corrected chi connectivity index (χ0v) is 10.2. The lowest BCUT2D eigenvalue weighted by atomic mass is 10.1. The van der Waals surface area contributed by atoms with Gasteiger partial charge in [-0.3, -0.25) is 0 Å². The maximum Gasteiger partial charge on any atom is 0.165 e. The van der Waals surface area contributed by atoms with Crippen molar-refractivity contribution in [3.05, 3.63) is 65.0 Å². The Bertz CT molecular complexity index is 620. The van der Waals surface area contributed by atoms with E-state index in [1.807, 2.05) is 12.1 Å². The standard InChI is InChI=1S/C15H13FN2O/c16-14-6-2-5-13(15(14)19)10-18-9-12-4-1-3-11(7-12)8-17/h1-7,18-19H,9-10H2. The number of halogens is 1. The van der Waals surface area contributed by atoms with E-state index in [0.29, 0.717) is 24.2 Å². The van der Waals surface area contributed by atoms with E-state index in [1.165, 1.54) is 6.07 Å². The smallest absolute Gasteiger partial charge is 0.165 e. The number of para-hydroxylation sites is 1. The van der Waals surface area contributed by atoms with Crippen LogP contribution >= 0.6 is 0 Å². The Hall–Kier alpha value is -2.38. The Morgan fingerprint density at radius 1 is 1.16 bits per heavy atom. The predicted octanol–water partition coefficient (Wildman–Crippen LogP) is 2.69. The molecule has 0 bridgehead atoms. The Morgan fingerprint density at radius 2 is 1.95 bits per heavy atom. The first-order valence-corrected chi connectivity index (χ1v) is 5.87. The number of hydrogen-bond donors (Lipinski definition) is 2. The first-order chi connectivity index (χ1) is 9.20. The summed E-state index contributed by atoms with van der Waals surface area (Å²) in [5, 5.41) is 21.4. The highest BCUT2D eigenvalue weighted by atomic mass is 19.1. The number of phenolic OH excluding ortho intramolecular Hbond substituents is 1. The number of phenols is 1. The Kier molecular flexibility index (Phi) is 4.11. The van der Waals surface area contributed by atoms with Crippen molar-refractivity contribution in [3.63, 3.8) is 0 Å². The van der Waals surface area contributed by atoms with Crippen molar-refractivity contribution >= 4 is 0 Å². The third kappa shape index (κ3) is 3.30. The summed E-state index contributed by atoms with van der Waals surface area (Å²) in [5.74, 6) is -0.938. The fourth-order valence-electron chi connectivity index (χ4n) is 1.79. The molecule has 0 radical (unpaired) electrons. The molecule has 0 atom stereocenters. The van der Waals surface area contributed by atoms with Gasteiger partial charge in [0, 0.05) is 18.7 Å². The molecule has 0 aliphatic heterocycles. The van der Waals surface area contributed by atoms with Crippen LogP contribution < -0.4 is 5.32 Å². The summed E-state index contributed by atoms with van der Waals surface area (Å²) in [7, 11) is 0. The molecule has 0 saturated heterocycles. The van der Waals surface area contributed by atoms with E-state index >= 15 is 0 Å². The molecule has 2 N–H and O–H groups in total. The van der Waals surface area contributed by atoms with Crippen molar-refractivity contribution in [1.82, 2.24) is 5.32 Å². The van der Waals surface area contributed by atoms with Crippen LogP contribution in [0.5, 0.6) is 5.75 Å². The van der Waals surface area contributed by atoms with E-state index in [1.54, 1.807) is 24.3 Å². The third-order valence-electron chi connectivity index (χ3n) is 2.77. The molecule has 0 saturated carbocycles. The van der Waals surface area contributed by atoms with E-state index in [4.69, 9.17) is 5.26 Å². The van der Waals surface area contributed by atoms with Crippen molar-refractivity contribution in [2.45, 2.75) is 13.1 Å². The number of nitrogens with one attached hydrogen (secondary N) is 1. The fourth-order valence-corrected chi connectivity index (χ4v) is 1.79. The summed E-state index contributed by atoms with van der Waals surface area (Å²) in [6, 6.07) is 13.8. The molecule has 19 heavy (non-hydrogen) atoms. The lowest BCUT2D eigenvalue weighted by Gasteiger charge is -2.07. The SMILES string of the molecule is N#Cc1cccc(CNCc2cccc(F)c2O)c1. The van der Waals surface area contributed by atoms with E-state index in [9.17, 15) is 9.50 Å². The molecule has 0 amide bonds. The van der Waals surface area contributed by atoms with Gasteiger partial charge in [0.05, 0.1) is 11.6 Å². The fraction of sp³-hybridized carbons (Fsp3) is 0.133. The highest BCUT2D eigenvalue weighted by molar-refractivity contribution is 5.34. The maximum atomic E-state index is 13.1. The molecular formula is C15H13FN2O. The topological polar surface area (TPSA) is 56.0 Å². The van der Waals surface area contributed by atoms with Crippen LogP contribution in [0.25, 0.3) is 0 Å². The second-order valence-electron chi connectivity index (χ2n) is 4.16. The van der Waals surface area contributed by atoms with Crippen molar-refractivity contribution in [2.75, 3.05) is 0 Å². The van der Waals surface area contributed by atoms with Crippen LogP contribution in [-0.4, -0.2) is 5.11 Å². The second kappa shape index (κ2) is 5.98. The third-order valence-corrected chi connectivity index (χ3v) is 2.77. The molecule has 0 spiro atoms. The number of benzene rings is 2. The lowest BCUT2D eigenvalue weighted by molar-refractivity contribution is 0.423. The molecule has 0 aliphatic rings. The lowest BCUT2D eigenvalue weighted by Crippen LogP contribution is -2.13. The van der Waals surface area contributed by atoms with Gasteiger partial charge in [-0.2, -0.15) is 5.26 Å². The van der Waals surface area contributed by atoms with E-state index in [2.05, 4.69) is 11.4 Å². The molecule has 0 unspecified atom stereocenters. The van der Waals surface area contributed by atoms with Crippen LogP contribution in [0.2, 0.25) is 0 Å². The summed E-state index contributed by atoms with van der Waals surface area (Å²) in [6.07, 6.45) is 0. The van der Waals surface area contributed by atoms with Crippen LogP contribution in [0.3, 0.4) is 0 Å². The van der Waals surface area contributed by atoms with Gasteiger partial charge in [-0.25, -0.2) is 4.39 Å². The van der Waals surface area contributed by atoms with Crippen molar-refractivity contribution in [2.24, 2.45) is 0 Å². The van der Waals surface area contributed by atoms with Crippen molar-refractivity contribution < 1.29 is 9.50 Å². The highest BCUT2D eigenvalue weighted by Gasteiger charge is 2.05. The normalized spacial score (nSPS) is 10.1. The molecule has 3 nitrogen and oxygen atoms in total. The van der Waals surface area contributed by atoms with Gasteiger partial charge in [-0.15, -0.1) is 0 Å². The van der Waals surface area contributed by atoms with Crippen LogP contribution in [0.15, 0.2) is 42.5 Å². The van der Waals surface area contributed by atoms with Gasteiger partial charge in [-0.1, -0.05) is 24.3 Å². The minimum absolute atomic E-state index is 0.319. The summed E-state index contributed by atoms with van der Waals surface area (Å²) in [4.78, 5) is 0. The van der Waals surface area contributed by atoms with Gasteiger partial charge in [0.25, 0.3) is 0 Å². The molecule has 2 aromatic carbocycles. The van der Waals surface area contributed by atoms with Gasteiger partial charge >= 0.3 is 0 Å². The zero-order chi connectivity index (χ0) is 13.7. The van der Waals surface area contributed by atoms with Gasteiger partial charge < -0.3 is 10.4 Å². The van der Waals surface area contributed by atoms with Crippen LogP contribution in [0.4, 0.5) is 4.39 Å². The molecule has 2 rings (SSSR count). The monoisotopic (exact) mass is 256 g/mol. The van der Waals surface area contributed by atoms with Crippen LogP contribution in [0.1, 0.15) is 16.7 Å².